The average molecular weight is 459 g/mol. The van der Waals surface area contributed by atoms with Gasteiger partial charge >= 0.3 is 0 Å². The van der Waals surface area contributed by atoms with Crippen LogP contribution in [0.2, 0.25) is 18.1 Å². The minimum atomic E-state index is -1.84. The summed E-state index contributed by atoms with van der Waals surface area (Å²) in [4.78, 5) is 0. The lowest BCUT2D eigenvalue weighted by Crippen LogP contribution is -2.41. The summed E-state index contributed by atoms with van der Waals surface area (Å²) in [5.74, 6) is 3.16. The molecule has 5 heteroatoms. The van der Waals surface area contributed by atoms with Crippen molar-refractivity contribution in [2.24, 2.45) is 5.92 Å². The Morgan fingerprint density at radius 2 is 1.88 bits per heavy atom. The van der Waals surface area contributed by atoms with Gasteiger partial charge in [-0.2, -0.15) is 0 Å². The van der Waals surface area contributed by atoms with E-state index < -0.39 is 14.4 Å². The Labute approximate surface area is 196 Å². The maximum atomic E-state index is 10.1. The van der Waals surface area contributed by atoms with Crippen LogP contribution in [0.1, 0.15) is 46.1 Å². The molecule has 0 saturated heterocycles. The lowest BCUT2D eigenvalue weighted by molar-refractivity contribution is 0.0413. The first kappa shape index (κ1) is 28.2. The van der Waals surface area contributed by atoms with Crippen molar-refractivity contribution >= 4 is 8.32 Å². The van der Waals surface area contributed by atoms with Crippen molar-refractivity contribution in [2.45, 2.75) is 77.5 Å². The first-order chi connectivity index (χ1) is 14.9. The first-order valence-corrected chi connectivity index (χ1v) is 14.2. The predicted octanol–water partition coefficient (Wildman–Crippen LogP) is 6.13. The Kier molecular flexibility index (Phi) is 11.5. The van der Waals surface area contributed by atoms with E-state index in [1.54, 1.807) is 13.2 Å². The van der Waals surface area contributed by atoms with Gasteiger partial charge in [-0.1, -0.05) is 57.2 Å². The number of terminal acetylenes is 1. The fourth-order valence-corrected chi connectivity index (χ4v) is 3.66. The third kappa shape index (κ3) is 9.75. The monoisotopic (exact) mass is 458 g/mol. The largest absolute Gasteiger partial charge is 0.497 e. The highest BCUT2D eigenvalue weighted by Crippen LogP contribution is 2.36. The zero-order valence-corrected chi connectivity index (χ0v) is 22.0. The zero-order chi connectivity index (χ0) is 24.4. The van der Waals surface area contributed by atoms with E-state index in [0.29, 0.717) is 26.1 Å². The molecule has 1 aromatic rings. The van der Waals surface area contributed by atoms with Crippen molar-refractivity contribution < 1.29 is 19.0 Å². The molecule has 0 unspecified atom stereocenters. The van der Waals surface area contributed by atoms with Crippen LogP contribution in [0.5, 0.6) is 5.75 Å². The summed E-state index contributed by atoms with van der Waals surface area (Å²) in [6.45, 7) is 18.3. The molecule has 0 aliphatic heterocycles. The van der Waals surface area contributed by atoms with Crippen LogP contribution in [0.3, 0.4) is 0 Å². The van der Waals surface area contributed by atoms with Gasteiger partial charge in [0, 0.05) is 5.92 Å². The highest BCUT2D eigenvalue weighted by atomic mass is 28.4. The fraction of sp³-hybridized carbons (Fsp3) is 0.556. The summed E-state index contributed by atoms with van der Waals surface area (Å²) in [5, 5.41) is 10.3. The molecule has 1 N–H and O–H groups in total. The van der Waals surface area contributed by atoms with Crippen LogP contribution in [0.15, 0.2) is 48.6 Å². The maximum Gasteiger partial charge on any atom is 0.192 e. The van der Waals surface area contributed by atoms with Gasteiger partial charge in [-0.15, -0.1) is 12.3 Å². The molecule has 1 aromatic carbocycles. The predicted molar refractivity (Wildman–Crippen MR) is 136 cm³/mol. The van der Waals surface area contributed by atoms with E-state index in [2.05, 4.69) is 46.4 Å². The molecular weight excluding hydrogens is 416 g/mol. The Bertz CT molecular complexity index is 768. The average Bonchev–Trinajstić information content (AvgIpc) is 2.74. The molecule has 0 bridgehead atoms. The van der Waals surface area contributed by atoms with Crippen molar-refractivity contribution in [3.05, 3.63) is 54.1 Å². The molecule has 0 aliphatic carbocycles. The summed E-state index contributed by atoms with van der Waals surface area (Å²) in [6.07, 6.45) is 9.71. The van der Waals surface area contributed by atoms with Crippen LogP contribution < -0.4 is 4.74 Å². The van der Waals surface area contributed by atoms with E-state index in [9.17, 15) is 5.11 Å². The van der Waals surface area contributed by atoms with Gasteiger partial charge in [0.05, 0.1) is 32.5 Å². The van der Waals surface area contributed by atoms with Crippen molar-refractivity contribution in [1.29, 1.82) is 0 Å². The lowest BCUT2D eigenvalue weighted by Gasteiger charge is -2.36. The van der Waals surface area contributed by atoms with Crippen LogP contribution in [0.4, 0.5) is 0 Å². The van der Waals surface area contributed by atoms with E-state index in [-0.39, 0.29) is 17.1 Å². The third-order valence-electron chi connectivity index (χ3n) is 6.11. The molecule has 0 amide bonds. The minimum absolute atomic E-state index is 0.0720. The third-order valence-corrected chi connectivity index (χ3v) is 10.6. The normalized spacial score (nSPS) is 15.2. The lowest BCUT2D eigenvalue weighted by atomic mass is 10.0. The molecule has 3 atom stereocenters. The zero-order valence-electron chi connectivity index (χ0n) is 21.0. The van der Waals surface area contributed by atoms with E-state index in [4.69, 9.17) is 20.3 Å². The van der Waals surface area contributed by atoms with Gasteiger partial charge in [-0.3, -0.25) is 0 Å². The van der Waals surface area contributed by atoms with Crippen LogP contribution >= 0.6 is 0 Å². The molecule has 0 spiro atoms. The van der Waals surface area contributed by atoms with E-state index in [1.807, 2.05) is 37.3 Å². The fourth-order valence-electron chi connectivity index (χ4n) is 2.66. The maximum absolute atomic E-state index is 10.1. The number of methoxy groups -OCH3 is 1. The van der Waals surface area contributed by atoms with Gasteiger partial charge in [0.1, 0.15) is 5.75 Å². The standard InChI is InChI=1S/C27H42O4Si/c1-10-22(3)26(28)13-11-12-25(30-20-23-14-16-24(29-7)17-15-23)18-21(2)19-31-32(8,9)27(4,5)6/h1,11,13-17,22,25-26,28H,2,12,18-20H2,3-9H3/b13-11+/t22-,25-,26-/m0/s1. The molecule has 0 fully saturated rings. The number of aliphatic hydroxyl groups is 1. The summed E-state index contributed by atoms with van der Waals surface area (Å²) in [6, 6.07) is 7.85. The Morgan fingerprint density at radius 3 is 2.41 bits per heavy atom. The van der Waals surface area contributed by atoms with Gasteiger partial charge in [0.15, 0.2) is 8.32 Å². The highest BCUT2D eigenvalue weighted by molar-refractivity contribution is 6.74. The summed E-state index contributed by atoms with van der Waals surface area (Å²) >= 11 is 0. The number of ether oxygens (including phenoxy) is 2. The topological polar surface area (TPSA) is 47.9 Å². The summed E-state index contributed by atoms with van der Waals surface area (Å²) < 4.78 is 17.8. The number of hydrogen-bond acceptors (Lipinski definition) is 4. The second kappa shape index (κ2) is 13.0. The molecule has 0 heterocycles. The first-order valence-electron chi connectivity index (χ1n) is 11.3. The van der Waals surface area contributed by atoms with Gasteiger partial charge in [-0.25, -0.2) is 0 Å². The smallest absolute Gasteiger partial charge is 0.192 e. The van der Waals surface area contributed by atoms with Crippen LogP contribution in [0.25, 0.3) is 0 Å². The van der Waals surface area contributed by atoms with Gasteiger partial charge in [0.2, 0.25) is 0 Å². The Hall–Kier alpha value is -1.84. The molecule has 0 saturated carbocycles. The molecule has 32 heavy (non-hydrogen) atoms. The van der Waals surface area contributed by atoms with E-state index in [0.717, 1.165) is 16.9 Å². The number of benzene rings is 1. The molecule has 0 aliphatic rings. The van der Waals surface area contributed by atoms with Crippen molar-refractivity contribution in [1.82, 2.24) is 0 Å². The number of hydrogen-bond donors (Lipinski definition) is 1. The van der Waals surface area contributed by atoms with Crippen molar-refractivity contribution in [3.8, 4) is 18.1 Å². The summed E-state index contributed by atoms with van der Waals surface area (Å²) in [7, 11) is -0.182. The SMILES string of the molecule is C#C[C@H](C)[C@@H](O)/C=C/C[C@@H](CC(=C)CO[Si](C)(C)C(C)(C)C)OCc1ccc(OC)cc1. The quantitative estimate of drug-likeness (QED) is 0.220. The van der Waals surface area contributed by atoms with Crippen LogP contribution in [-0.4, -0.2) is 39.3 Å². The molecular formula is C27H42O4Si. The highest BCUT2D eigenvalue weighted by Gasteiger charge is 2.37. The number of aliphatic hydroxyl groups excluding tert-OH is 1. The Balaban J connectivity index is 2.76. The van der Waals surface area contributed by atoms with Crippen molar-refractivity contribution in [3.63, 3.8) is 0 Å². The van der Waals surface area contributed by atoms with E-state index in [1.165, 1.54) is 0 Å². The van der Waals surface area contributed by atoms with E-state index >= 15 is 0 Å². The minimum Gasteiger partial charge on any atom is -0.497 e. The van der Waals surface area contributed by atoms with Gasteiger partial charge in [-0.05, 0) is 55.6 Å². The van der Waals surface area contributed by atoms with Gasteiger partial charge < -0.3 is 19.0 Å². The molecule has 0 aromatic heterocycles. The van der Waals surface area contributed by atoms with Gasteiger partial charge in [0.25, 0.3) is 0 Å². The molecule has 178 valence electrons. The summed E-state index contributed by atoms with van der Waals surface area (Å²) in [5.41, 5.74) is 2.09. The van der Waals surface area contributed by atoms with Crippen LogP contribution in [0, 0.1) is 18.3 Å². The van der Waals surface area contributed by atoms with Crippen molar-refractivity contribution in [2.75, 3.05) is 13.7 Å². The molecule has 4 nitrogen and oxygen atoms in total. The van der Waals surface area contributed by atoms with Crippen LogP contribution in [-0.2, 0) is 15.8 Å². The molecule has 0 radical (unpaired) electrons. The number of rotatable bonds is 13. The molecule has 1 rings (SSSR count). The second-order valence-corrected chi connectivity index (χ2v) is 14.7. The second-order valence-electron chi connectivity index (χ2n) is 9.89. The Morgan fingerprint density at radius 1 is 1.25 bits per heavy atom.